The molecule has 5 nitrogen and oxygen atoms in total. The van der Waals surface area contributed by atoms with Gasteiger partial charge in [-0.15, -0.1) is 0 Å². The highest BCUT2D eigenvalue weighted by molar-refractivity contribution is 5.54. The monoisotopic (exact) mass is 172 g/mol. The smallest absolute Gasteiger partial charge is 0.113 e. The number of hydrogen-bond donors (Lipinski definition) is 2. The zero-order chi connectivity index (χ0) is 9.03. The van der Waals surface area contributed by atoms with E-state index in [-0.39, 0.29) is 0 Å². The Bertz CT molecular complexity index is 155. The van der Waals surface area contributed by atoms with Gasteiger partial charge in [0.15, 0.2) is 0 Å². The van der Waals surface area contributed by atoms with Gasteiger partial charge < -0.3 is 9.38 Å². The predicted molar refractivity (Wildman–Crippen MR) is 49.2 cm³/mol. The van der Waals surface area contributed by atoms with Gasteiger partial charge in [-0.05, 0) is 0 Å². The standard InChI is InChI=1S/C7H18N5/c1-12(2)5-3-11(4-6-12)7-9-10-8/h7,10H,3-6,8H2,1-2H3/q+1. The van der Waals surface area contributed by atoms with Crippen LogP contribution in [0.1, 0.15) is 0 Å². The molecule has 0 aromatic heterocycles. The Morgan fingerprint density at radius 3 is 2.50 bits per heavy atom. The van der Waals surface area contributed by atoms with Gasteiger partial charge in [-0.1, -0.05) is 0 Å². The van der Waals surface area contributed by atoms with E-state index in [9.17, 15) is 0 Å². The van der Waals surface area contributed by atoms with Gasteiger partial charge in [-0.2, -0.15) is 5.10 Å². The van der Waals surface area contributed by atoms with Crippen LogP contribution in [0.25, 0.3) is 0 Å². The molecule has 3 N–H and O–H groups in total. The summed E-state index contributed by atoms with van der Waals surface area (Å²) in [6, 6.07) is 0. The van der Waals surface area contributed by atoms with Crippen molar-refractivity contribution in [1.29, 1.82) is 0 Å². The van der Waals surface area contributed by atoms with E-state index in [0.29, 0.717) is 0 Å². The van der Waals surface area contributed by atoms with E-state index >= 15 is 0 Å². The number of nitrogens with one attached hydrogen (secondary N) is 1. The van der Waals surface area contributed by atoms with Crippen LogP contribution in [0.15, 0.2) is 5.10 Å². The van der Waals surface area contributed by atoms with Gasteiger partial charge in [0.1, 0.15) is 6.34 Å². The fraction of sp³-hybridized carbons (Fsp3) is 0.857. The Morgan fingerprint density at radius 2 is 2.00 bits per heavy atom. The number of likely N-dealkylation sites (N-methyl/N-ethyl adjacent to an activating group) is 1. The van der Waals surface area contributed by atoms with Gasteiger partial charge in [-0.3, -0.25) is 0 Å². The molecular formula is C7H18N5+. The van der Waals surface area contributed by atoms with Crippen molar-refractivity contribution in [2.45, 2.75) is 0 Å². The van der Waals surface area contributed by atoms with Crippen molar-refractivity contribution in [3.05, 3.63) is 0 Å². The Labute approximate surface area is 73.4 Å². The van der Waals surface area contributed by atoms with Crippen LogP contribution >= 0.6 is 0 Å². The molecule has 0 saturated carbocycles. The Kier molecular flexibility index (Phi) is 2.88. The molecule has 0 aromatic carbocycles. The molecule has 1 heterocycles. The van der Waals surface area contributed by atoms with Crippen molar-refractivity contribution in [2.75, 3.05) is 40.3 Å². The van der Waals surface area contributed by atoms with Gasteiger partial charge in [0, 0.05) is 0 Å². The van der Waals surface area contributed by atoms with E-state index in [1.807, 2.05) is 0 Å². The number of hydrazine groups is 1. The first-order valence-corrected chi connectivity index (χ1v) is 4.19. The third-order valence-electron chi connectivity index (χ3n) is 2.28. The average molecular weight is 172 g/mol. The summed E-state index contributed by atoms with van der Waals surface area (Å²) >= 11 is 0. The van der Waals surface area contributed by atoms with Crippen molar-refractivity contribution in [3.63, 3.8) is 0 Å². The second kappa shape index (κ2) is 3.73. The molecular weight excluding hydrogens is 154 g/mol. The van der Waals surface area contributed by atoms with Crippen molar-refractivity contribution in [2.24, 2.45) is 10.9 Å². The topological polar surface area (TPSA) is 53.6 Å². The normalized spacial score (nSPS) is 23.1. The molecule has 0 atom stereocenters. The molecule has 1 saturated heterocycles. The van der Waals surface area contributed by atoms with E-state index in [4.69, 9.17) is 5.84 Å². The van der Waals surface area contributed by atoms with Crippen LogP contribution in [0, 0.1) is 0 Å². The summed E-state index contributed by atoms with van der Waals surface area (Å²) in [5.41, 5.74) is 2.26. The largest absolute Gasteiger partial charge is 0.350 e. The average Bonchev–Trinajstić information content (AvgIpc) is 2.03. The van der Waals surface area contributed by atoms with Crippen LogP contribution in [0.4, 0.5) is 0 Å². The Hall–Kier alpha value is -0.810. The second-order valence-electron chi connectivity index (χ2n) is 3.79. The Balaban J connectivity index is 2.31. The zero-order valence-corrected chi connectivity index (χ0v) is 7.82. The lowest BCUT2D eigenvalue weighted by Crippen LogP contribution is -2.54. The van der Waals surface area contributed by atoms with Gasteiger partial charge in [0.05, 0.1) is 40.3 Å². The van der Waals surface area contributed by atoms with E-state index in [1.54, 1.807) is 6.34 Å². The first-order chi connectivity index (χ1) is 5.64. The number of nitrogens with zero attached hydrogens (tertiary/aromatic N) is 3. The number of hydrogen-bond acceptors (Lipinski definition) is 3. The first kappa shape index (κ1) is 9.28. The van der Waals surface area contributed by atoms with Gasteiger partial charge in [0.25, 0.3) is 0 Å². The van der Waals surface area contributed by atoms with E-state index in [0.717, 1.165) is 30.7 Å². The van der Waals surface area contributed by atoms with Crippen LogP contribution in [0.2, 0.25) is 0 Å². The molecule has 70 valence electrons. The van der Waals surface area contributed by atoms with Crippen LogP contribution in [-0.2, 0) is 0 Å². The summed E-state index contributed by atoms with van der Waals surface area (Å²) in [4.78, 5) is 2.17. The molecule has 1 fully saturated rings. The first-order valence-electron chi connectivity index (χ1n) is 4.19. The summed E-state index contributed by atoms with van der Waals surface area (Å²) in [6.45, 7) is 4.43. The molecule has 1 aliphatic rings. The molecule has 0 aromatic rings. The lowest BCUT2D eigenvalue weighted by atomic mass is 10.3. The van der Waals surface area contributed by atoms with Crippen molar-refractivity contribution in [1.82, 2.24) is 10.4 Å². The molecule has 0 bridgehead atoms. The van der Waals surface area contributed by atoms with Crippen LogP contribution < -0.4 is 11.4 Å². The minimum Gasteiger partial charge on any atom is -0.350 e. The van der Waals surface area contributed by atoms with Crippen LogP contribution in [0.3, 0.4) is 0 Å². The lowest BCUT2D eigenvalue weighted by molar-refractivity contribution is -0.893. The number of hydrazone groups is 1. The maximum absolute atomic E-state index is 5.02. The van der Waals surface area contributed by atoms with Crippen molar-refractivity contribution < 1.29 is 4.48 Å². The van der Waals surface area contributed by atoms with Crippen LogP contribution in [0.5, 0.6) is 0 Å². The highest BCUT2D eigenvalue weighted by atomic mass is 15.5. The van der Waals surface area contributed by atoms with Gasteiger partial charge in [0.2, 0.25) is 0 Å². The second-order valence-corrected chi connectivity index (χ2v) is 3.79. The quantitative estimate of drug-likeness (QED) is 0.181. The lowest BCUT2D eigenvalue weighted by Gasteiger charge is -2.38. The Morgan fingerprint density at radius 1 is 1.42 bits per heavy atom. The molecule has 0 aliphatic carbocycles. The summed E-state index contributed by atoms with van der Waals surface area (Å²) in [5.74, 6) is 5.02. The maximum atomic E-state index is 5.02. The third-order valence-corrected chi connectivity index (χ3v) is 2.28. The maximum Gasteiger partial charge on any atom is 0.113 e. The van der Waals surface area contributed by atoms with Crippen molar-refractivity contribution in [3.8, 4) is 0 Å². The number of piperazine rings is 1. The fourth-order valence-electron chi connectivity index (χ4n) is 1.25. The van der Waals surface area contributed by atoms with Crippen LogP contribution in [-0.4, -0.2) is 56.0 Å². The molecule has 5 heteroatoms. The molecule has 0 amide bonds. The minimum atomic E-state index is 1.05. The molecule has 0 radical (unpaired) electrons. The SMILES string of the molecule is C[N+]1(C)CCN(C=NNN)CC1. The fourth-order valence-corrected chi connectivity index (χ4v) is 1.25. The summed E-state index contributed by atoms with van der Waals surface area (Å²) in [7, 11) is 4.49. The number of rotatable bonds is 2. The number of quaternary nitrogens is 1. The van der Waals surface area contributed by atoms with E-state index in [2.05, 4.69) is 29.6 Å². The third kappa shape index (κ3) is 2.67. The van der Waals surface area contributed by atoms with Crippen molar-refractivity contribution >= 4 is 6.34 Å². The number of nitrogens with two attached hydrogens (primary N) is 1. The van der Waals surface area contributed by atoms with E-state index in [1.165, 1.54) is 0 Å². The molecule has 12 heavy (non-hydrogen) atoms. The molecule has 0 unspecified atom stereocenters. The summed E-state index contributed by atoms with van der Waals surface area (Å²) in [5, 5.41) is 3.76. The molecule has 1 aliphatic heterocycles. The molecule has 1 rings (SSSR count). The van der Waals surface area contributed by atoms with Gasteiger partial charge >= 0.3 is 0 Å². The highest BCUT2D eigenvalue weighted by Gasteiger charge is 2.22. The highest BCUT2D eigenvalue weighted by Crippen LogP contribution is 2.03. The van der Waals surface area contributed by atoms with E-state index < -0.39 is 0 Å². The minimum absolute atomic E-state index is 1.05. The van der Waals surface area contributed by atoms with Gasteiger partial charge in [-0.25, -0.2) is 11.4 Å². The molecule has 0 spiro atoms. The summed E-state index contributed by atoms with van der Waals surface area (Å²) < 4.78 is 1.10. The zero-order valence-electron chi connectivity index (χ0n) is 7.82. The summed E-state index contributed by atoms with van der Waals surface area (Å²) in [6.07, 6.45) is 1.76. The predicted octanol–water partition coefficient (Wildman–Crippen LogP) is -1.21.